The van der Waals surface area contributed by atoms with E-state index >= 15 is 0 Å². The molecule has 0 spiro atoms. The van der Waals surface area contributed by atoms with E-state index in [1.54, 1.807) is 23.2 Å². The van der Waals surface area contributed by atoms with Crippen molar-refractivity contribution < 1.29 is 17.9 Å². The lowest BCUT2D eigenvalue weighted by atomic mass is 10.0. The summed E-state index contributed by atoms with van der Waals surface area (Å²) in [5.74, 6) is 0.669. The Morgan fingerprint density at radius 1 is 1.08 bits per heavy atom. The van der Waals surface area contributed by atoms with Crippen LogP contribution in [0.25, 0.3) is 10.9 Å². The molecule has 9 heteroatoms. The fourth-order valence-electron chi connectivity index (χ4n) is 5.56. The number of pyridine rings is 2. The molecule has 2 aromatic heterocycles. The normalized spacial score (nSPS) is 17.4. The summed E-state index contributed by atoms with van der Waals surface area (Å²) < 4.78 is 31.7. The van der Waals surface area contributed by atoms with Gasteiger partial charge >= 0.3 is 0 Å². The van der Waals surface area contributed by atoms with Gasteiger partial charge in [0.1, 0.15) is 5.82 Å². The Kier molecular flexibility index (Phi) is 5.28. The zero-order valence-corrected chi connectivity index (χ0v) is 21.5. The van der Waals surface area contributed by atoms with Crippen molar-refractivity contribution in [3.63, 3.8) is 0 Å². The molecule has 1 aliphatic carbocycles. The molecule has 4 aromatic rings. The number of nitrogens with two attached hydrogens (primary N) is 1. The number of carbonyl (C=O) groups is 1. The van der Waals surface area contributed by atoms with Gasteiger partial charge < -0.3 is 15.4 Å². The number of anilines is 2. The SMILES string of the molecule is Nc1nc2cc(CN(C(=O)c3ccc(C4CC4)nc3)c3cccc4c3S(=O)(=O)CC4)ccc2c2c1COC2. The molecule has 2 N–H and O–H groups in total. The number of hydrogen-bond donors (Lipinski definition) is 1. The number of aryl methyl sites for hydroxylation is 1. The molecule has 1 amide bonds. The third-order valence-corrected chi connectivity index (χ3v) is 9.56. The molecule has 2 aliphatic heterocycles. The predicted octanol–water partition coefficient (Wildman–Crippen LogP) is 4.30. The molecule has 1 fully saturated rings. The number of rotatable bonds is 5. The van der Waals surface area contributed by atoms with Crippen LogP contribution in [0.3, 0.4) is 0 Å². The van der Waals surface area contributed by atoms with E-state index in [1.807, 2.05) is 36.4 Å². The molecule has 4 heterocycles. The Labute approximate surface area is 220 Å². The third-order valence-electron chi connectivity index (χ3n) is 7.73. The Hall–Kier alpha value is -3.82. The molecule has 192 valence electrons. The number of aromatic nitrogens is 2. The zero-order chi connectivity index (χ0) is 26.0. The maximum atomic E-state index is 14.0. The fourth-order valence-corrected chi connectivity index (χ4v) is 7.32. The van der Waals surface area contributed by atoms with Crippen molar-refractivity contribution in [2.75, 3.05) is 16.4 Å². The molecule has 8 nitrogen and oxygen atoms in total. The van der Waals surface area contributed by atoms with E-state index in [4.69, 9.17) is 10.5 Å². The van der Waals surface area contributed by atoms with E-state index < -0.39 is 9.84 Å². The Morgan fingerprint density at radius 2 is 1.92 bits per heavy atom. The van der Waals surface area contributed by atoms with Crippen LogP contribution in [0.5, 0.6) is 0 Å². The summed E-state index contributed by atoms with van der Waals surface area (Å²) in [5, 5.41) is 0.969. The van der Waals surface area contributed by atoms with Crippen LogP contribution in [-0.2, 0) is 40.8 Å². The predicted molar refractivity (Wildman–Crippen MR) is 144 cm³/mol. The molecule has 0 unspecified atom stereocenters. The Balaban J connectivity index is 1.32. The fraction of sp³-hybridized carbons (Fsp3) is 0.276. The smallest absolute Gasteiger partial charge is 0.260 e. The number of nitrogen functional groups attached to an aromatic ring is 1. The van der Waals surface area contributed by atoms with Crippen LogP contribution in [0.4, 0.5) is 11.5 Å². The van der Waals surface area contributed by atoms with Crippen LogP contribution >= 0.6 is 0 Å². The molecular weight excluding hydrogens is 500 g/mol. The van der Waals surface area contributed by atoms with E-state index in [0.29, 0.717) is 42.6 Å². The number of carbonyl (C=O) groups excluding carboxylic acids is 1. The van der Waals surface area contributed by atoms with Crippen LogP contribution in [-0.4, -0.2) is 30.0 Å². The highest BCUT2D eigenvalue weighted by atomic mass is 32.2. The highest BCUT2D eigenvalue weighted by Crippen LogP contribution is 2.40. The van der Waals surface area contributed by atoms with Gasteiger partial charge in [-0.1, -0.05) is 24.3 Å². The quantitative estimate of drug-likeness (QED) is 0.412. The summed E-state index contributed by atoms with van der Waals surface area (Å²) in [5.41, 5.74) is 12.2. The van der Waals surface area contributed by atoms with Gasteiger partial charge in [0.05, 0.1) is 47.2 Å². The second kappa shape index (κ2) is 8.61. The number of sulfone groups is 1. The van der Waals surface area contributed by atoms with Crippen molar-refractivity contribution >= 4 is 38.2 Å². The minimum absolute atomic E-state index is 0.0470. The summed E-state index contributed by atoms with van der Waals surface area (Å²) in [6, 6.07) is 14.9. The highest BCUT2D eigenvalue weighted by molar-refractivity contribution is 7.91. The lowest BCUT2D eigenvalue weighted by molar-refractivity contribution is 0.0984. The standard InChI is InChI=1S/C29H26N4O4S/c30-28-23-16-37-15-22(23)21-8-4-17(12-25(21)32-28)14-33(26-3-1-2-19-10-11-38(35,36)27(19)26)29(34)20-7-9-24(31-13-20)18-5-6-18/h1-4,7-9,12-13,18H,5-6,10-11,14-16H2,(H2,30,32). The molecule has 7 rings (SSSR count). The maximum Gasteiger partial charge on any atom is 0.260 e. The zero-order valence-electron chi connectivity index (χ0n) is 20.7. The number of benzene rings is 2. The van der Waals surface area contributed by atoms with Gasteiger partial charge in [0, 0.05) is 28.8 Å². The Bertz CT molecular complexity index is 1730. The minimum Gasteiger partial charge on any atom is -0.383 e. The van der Waals surface area contributed by atoms with Crippen LogP contribution in [0.1, 0.15) is 57.1 Å². The van der Waals surface area contributed by atoms with Crippen LogP contribution in [0, 0.1) is 0 Å². The summed E-state index contributed by atoms with van der Waals surface area (Å²) in [7, 11) is -3.50. The van der Waals surface area contributed by atoms with Crippen molar-refractivity contribution in [1.29, 1.82) is 0 Å². The Morgan fingerprint density at radius 3 is 2.71 bits per heavy atom. The maximum absolute atomic E-state index is 14.0. The second-order valence-electron chi connectivity index (χ2n) is 10.3. The number of hydrogen-bond acceptors (Lipinski definition) is 7. The summed E-state index contributed by atoms with van der Waals surface area (Å²) in [4.78, 5) is 24.9. The molecular formula is C29H26N4O4S. The van der Waals surface area contributed by atoms with Crippen LogP contribution in [0.15, 0.2) is 59.6 Å². The van der Waals surface area contributed by atoms with Crippen molar-refractivity contribution in [3.8, 4) is 0 Å². The average molecular weight is 527 g/mol. The van der Waals surface area contributed by atoms with Crippen molar-refractivity contribution in [2.24, 2.45) is 0 Å². The number of nitrogens with zero attached hydrogens (tertiary/aromatic N) is 3. The third kappa shape index (κ3) is 3.85. The summed E-state index contributed by atoms with van der Waals surface area (Å²) in [6.07, 6.45) is 4.29. The first-order valence-corrected chi connectivity index (χ1v) is 14.4. The molecule has 0 saturated heterocycles. The largest absolute Gasteiger partial charge is 0.383 e. The number of ether oxygens (including phenoxy) is 1. The van der Waals surface area contributed by atoms with E-state index in [1.165, 1.54) is 0 Å². The molecule has 2 aromatic carbocycles. The first-order chi connectivity index (χ1) is 18.4. The van der Waals surface area contributed by atoms with Crippen molar-refractivity contribution in [1.82, 2.24) is 9.97 Å². The van der Waals surface area contributed by atoms with Gasteiger partial charge in [-0.15, -0.1) is 0 Å². The average Bonchev–Trinajstić information content (AvgIpc) is 3.56. The molecule has 3 aliphatic rings. The number of amides is 1. The number of fused-ring (bicyclic) bond motifs is 4. The van der Waals surface area contributed by atoms with E-state index in [2.05, 4.69) is 9.97 Å². The van der Waals surface area contributed by atoms with Crippen molar-refractivity contribution in [3.05, 3.63) is 88.2 Å². The van der Waals surface area contributed by atoms with Gasteiger partial charge in [-0.3, -0.25) is 9.78 Å². The minimum atomic E-state index is -3.50. The molecule has 1 saturated carbocycles. The van der Waals surface area contributed by atoms with Gasteiger partial charge in [-0.05, 0) is 60.2 Å². The van der Waals surface area contributed by atoms with Crippen LogP contribution < -0.4 is 10.6 Å². The first-order valence-electron chi connectivity index (χ1n) is 12.8. The molecule has 0 bridgehead atoms. The second-order valence-corrected chi connectivity index (χ2v) is 12.3. The van der Waals surface area contributed by atoms with Crippen molar-refractivity contribution in [2.45, 2.75) is 49.8 Å². The molecule has 0 radical (unpaired) electrons. The summed E-state index contributed by atoms with van der Waals surface area (Å²) in [6.45, 7) is 1.11. The molecule has 0 atom stereocenters. The lowest BCUT2D eigenvalue weighted by Crippen LogP contribution is -2.31. The van der Waals surface area contributed by atoms with Crippen LogP contribution in [0.2, 0.25) is 0 Å². The topological polar surface area (TPSA) is 115 Å². The van der Waals surface area contributed by atoms with Gasteiger partial charge in [0.15, 0.2) is 9.84 Å². The van der Waals surface area contributed by atoms with E-state index in [9.17, 15) is 13.2 Å². The van der Waals surface area contributed by atoms with Gasteiger partial charge in [-0.25, -0.2) is 13.4 Å². The van der Waals surface area contributed by atoms with E-state index in [0.717, 1.165) is 51.7 Å². The molecule has 38 heavy (non-hydrogen) atoms. The van der Waals surface area contributed by atoms with Gasteiger partial charge in [-0.2, -0.15) is 0 Å². The van der Waals surface area contributed by atoms with Gasteiger partial charge in [0.2, 0.25) is 0 Å². The first kappa shape index (κ1) is 23.3. The van der Waals surface area contributed by atoms with Gasteiger partial charge in [0.25, 0.3) is 5.91 Å². The summed E-state index contributed by atoms with van der Waals surface area (Å²) >= 11 is 0. The van der Waals surface area contributed by atoms with E-state index in [-0.39, 0.29) is 23.1 Å². The monoisotopic (exact) mass is 526 g/mol. The lowest BCUT2D eigenvalue weighted by Gasteiger charge is -2.25. The highest BCUT2D eigenvalue weighted by Gasteiger charge is 2.33.